The first-order chi connectivity index (χ1) is 63.2. The molecule has 5 aromatic carbocycles. The Balaban J connectivity index is 0.000000881. The molecule has 0 aliphatic heterocycles. The van der Waals surface area contributed by atoms with Crippen molar-refractivity contribution in [3.05, 3.63) is 149 Å². The molecule has 15 rings (SSSR count). The summed E-state index contributed by atoms with van der Waals surface area (Å²) >= 11 is 0. The fourth-order valence-electron chi connectivity index (χ4n) is 22.0. The van der Waals surface area contributed by atoms with Crippen LogP contribution in [-0.4, -0.2) is 75.8 Å². The van der Waals surface area contributed by atoms with Crippen LogP contribution in [0.4, 0.5) is 0 Å². The third kappa shape index (κ3) is 40.2. The van der Waals surface area contributed by atoms with E-state index in [1.54, 1.807) is 28.3 Å². The summed E-state index contributed by atoms with van der Waals surface area (Å²) in [4.78, 5) is 56.5. The van der Waals surface area contributed by atoms with Gasteiger partial charge in [0.25, 0.3) is 0 Å². The summed E-state index contributed by atoms with van der Waals surface area (Å²) in [5.74, 6) is -2.99. The van der Waals surface area contributed by atoms with Gasteiger partial charge in [0.2, 0.25) is 0 Å². The van der Waals surface area contributed by atoms with Gasteiger partial charge in [-0.15, -0.1) is 0 Å². The number of carbonyl (C=O) groups is 5. The van der Waals surface area contributed by atoms with Crippen LogP contribution in [0.2, 0.25) is 0 Å². The quantitative estimate of drug-likeness (QED) is 0.00996. The second kappa shape index (κ2) is 59.1. The fourth-order valence-corrected chi connectivity index (χ4v) is 22.0. The van der Waals surface area contributed by atoms with E-state index in [-0.39, 0.29) is 108 Å². The normalized spacial score (nSPS) is 17.8. The minimum atomic E-state index is -0.675. The van der Waals surface area contributed by atoms with Crippen LogP contribution in [0, 0.1) is 103 Å². The Hall–Kier alpha value is -7.35. The van der Waals surface area contributed by atoms with E-state index in [2.05, 4.69) is 119 Å². The fraction of sp³-hybridized carbons (Fsp3) is 0.729. The van der Waals surface area contributed by atoms with E-state index in [4.69, 9.17) is 0 Å². The van der Waals surface area contributed by atoms with Gasteiger partial charge in [0.15, 0.2) is 11.5 Å². The minimum absolute atomic E-state index is 0. The van der Waals surface area contributed by atoms with Crippen LogP contribution < -0.4 is 0 Å². The summed E-state index contributed by atoms with van der Waals surface area (Å²) in [7, 11) is 0. The van der Waals surface area contributed by atoms with Gasteiger partial charge in [0.1, 0.15) is 11.5 Å². The highest BCUT2D eigenvalue weighted by atomic mass is 16.4. The van der Waals surface area contributed by atoms with Gasteiger partial charge in [-0.25, -0.2) is 0 Å². The summed E-state index contributed by atoms with van der Waals surface area (Å²) in [5, 5.41) is 87.3. The molecule has 14 heteroatoms. The van der Waals surface area contributed by atoms with Gasteiger partial charge in [0, 0.05) is 17.2 Å². The summed E-state index contributed by atoms with van der Waals surface area (Å²) < 4.78 is 0. The maximum absolute atomic E-state index is 11.3. The number of hydrogen-bond donors (Lipinski definition) is 9. The number of hydrogen-bond acceptors (Lipinski definition) is 9. The van der Waals surface area contributed by atoms with Crippen molar-refractivity contribution in [3.63, 3.8) is 0 Å². The number of benzene rings is 5. The maximum Gasteiger partial charge on any atom is 0.309 e. The van der Waals surface area contributed by atoms with E-state index in [1.165, 1.54) is 248 Å². The van der Waals surface area contributed by atoms with Crippen molar-refractivity contribution in [2.75, 3.05) is 0 Å². The predicted octanol–water partition coefficient (Wildman–Crippen LogP) is 37.0. The molecular formula is C129H218O14. The van der Waals surface area contributed by atoms with Gasteiger partial charge in [-0.1, -0.05) is 228 Å². The van der Waals surface area contributed by atoms with Gasteiger partial charge in [-0.05, 0) is 486 Å². The molecule has 0 heterocycles. The lowest BCUT2D eigenvalue weighted by atomic mass is 9.87. The van der Waals surface area contributed by atoms with Gasteiger partial charge >= 0.3 is 29.8 Å². The molecule has 5 aromatic rings. The number of aromatic hydroxyl groups is 4. The molecule has 14 nitrogen and oxygen atoms in total. The van der Waals surface area contributed by atoms with Gasteiger partial charge in [-0.2, -0.15) is 0 Å². The second-order valence-corrected chi connectivity index (χ2v) is 47.3. The molecule has 10 fully saturated rings. The van der Waals surface area contributed by atoms with Crippen LogP contribution in [0.5, 0.6) is 23.0 Å². The number of aryl methyl sites for hydroxylation is 7. The van der Waals surface area contributed by atoms with Crippen molar-refractivity contribution in [1.82, 2.24) is 0 Å². The molecule has 10 aliphatic carbocycles. The van der Waals surface area contributed by atoms with Crippen molar-refractivity contribution in [1.29, 1.82) is 0 Å². The van der Waals surface area contributed by atoms with E-state index >= 15 is 0 Å². The predicted molar refractivity (Wildman–Crippen MR) is 607 cm³/mol. The Labute approximate surface area is 876 Å². The molecule has 0 spiro atoms. The van der Waals surface area contributed by atoms with E-state index in [9.17, 15) is 69.9 Å². The highest BCUT2D eigenvalue weighted by Gasteiger charge is 2.53. The standard InChI is InChI=1S/2C27H42O2.C24H36O5.C21H30O2.C20H28O3.10CH4/c1-20-19-23(11-7-5-9-13-26(4)15-16-26)24(22(3)21(20)2)12-8-6-10-14-27(17-18-27)25(28)29;1-20-19-21(2)23(11-7-5-9-13-26(4)15-16-26)24(22(20)3)12-8-6-10-14-27(17-18-27)25(28)29;1-23(12-13-23)10-6-2-4-8-17-18(21(27)20(26)16-19(17)25)9-5-3-7-11-24(14-15-24)22(28)29;1-16-6-3-7-17(8-4-10-20(2)12-13-20)18(16)9-5-11-21(14-15-21)19(22)23;1-19(11-12-19)9-3-6-15-5-2-8-17(21)16(15)7-4-10-20(13-14-20)18(22)23;;;;;;;;;;/h2*19H,5-18H2,1-4H3,(H,28,29);16,25-27H,2-15H2,1H3,(H,28,29);3,6-7H,4-5,8-15H2,1-2H3,(H,22,23);2,5,8,21H,3-4,6-7,9-14H2,1H3,(H,22,23);10*1H4. The smallest absolute Gasteiger partial charge is 0.309 e. The Kier molecular flexibility index (Phi) is 55.3. The molecule has 0 bridgehead atoms. The first-order valence-corrected chi connectivity index (χ1v) is 53.6. The second-order valence-electron chi connectivity index (χ2n) is 47.3. The average Bonchev–Trinajstić information content (AvgIpc) is 1.65. The minimum Gasteiger partial charge on any atom is -0.508 e. The number of phenols is 4. The molecule has 0 atom stereocenters. The van der Waals surface area contributed by atoms with Crippen molar-refractivity contribution in [2.45, 2.75) is 555 Å². The third-order valence-electron chi connectivity index (χ3n) is 35.5. The lowest BCUT2D eigenvalue weighted by molar-refractivity contribution is -0.144. The zero-order valence-electron chi connectivity index (χ0n) is 85.1. The van der Waals surface area contributed by atoms with Crippen LogP contribution >= 0.6 is 0 Å². The Bertz CT molecular complexity index is 4470. The highest BCUT2D eigenvalue weighted by molar-refractivity contribution is 5.79. The molecule has 0 aromatic heterocycles. The SMILES string of the molecule is C.C.C.C.C.C.C.C.C.C.CC1(CCCCCc2c(O)cc(O)c(O)c2CCCCCC2(C(=O)O)CC2)CC1.CC1(CCCc2cccc(O)c2CCCC2(C(=O)O)CC2)CC1.Cc1cc(C)c(CCCCCC2(C)CC2)c(CCCCCC2(C(=O)O)CC2)c1C.Cc1cc(CCCCCC2(C)CC2)c(CCCCCC2(C(=O)O)CC2)c(C)c1C.Cc1cccc(CCCC2(C)CC2)c1CCCC1(C(=O)O)CC1. The van der Waals surface area contributed by atoms with E-state index < -0.39 is 40.7 Å². The molecule has 10 aliphatic rings. The molecule has 818 valence electrons. The van der Waals surface area contributed by atoms with Crippen LogP contribution in [0.25, 0.3) is 0 Å². The lowest BCUT2D eigenvalue weighted by Gasteiger charge is -2.19. The van der Waals surface area contributed by atoms with Crippen LogP contribution in [-0.2, 0) is 88.2 Å². The van der Waals surface area contributed by atoms with Gasteiger partial charge in [-0.3, -0.25) is 24.0 Å². The van der Waals surface area contributed by atoms with E-state index in [0.29, 0.717) is 57.7 Å². The number of unbranched alkanes of at least 4 members (excludes halogenated alkanes) is 12. The van der Waals surface area contributed by atoms with Crippen molar-refractivity contribution in [2.24, 2.45) is 54.1 Å². The lowest BCUT2D eigenvalue weighted by Crippen LogP contribution is -2.15. The Morgan fingerprint density at radius 3 is 0.846 bits per heavy atom. The first-order valence-electron chi connectivity index (χ1n) is 53.6. The van der Waals surface area contributed by atoms with Gasteiger partial charge < -0.3 is 46.0 Å². The van der Waals surface area contributed by atoms with Crippen molar-refractivity contribution < 1.29 is 69.9 Å². The highest BCUT2D eigenvalue weighted by Crippen LogP contribution is 2.57. The molecule has 143 heavy (non-hydrogen) atoms. The van der Waals surface area contributed by atoms with Crippen molar-refractivity contribution in [3.8, 4) is 23.0 Å². The summed E-state index contributed by atoms with van der Waals surface area (Å²) in [6.45, 7) is 27.9. The van der Waals surface area contributed by atoms with Crippen LogP contribution in [0.15, 0.2) is 54.6 Å². The molecule has 0 amide bonds. The number of phenolic OH excluding ortho intramolecular Hbond substituents is 4. The molecule has 10 saturated carbocycles. The molecule has 9 N–H and O–H groups in total. The van der Waals surface area contributed by atoms with E-state index in [0.717, 1.165) is 204 Å². The number of carboxylic acid groups (broad SMARTS) is 5. The molecule has 0 saturated heterocycles. The first kappa shape index (κ1) is 134. The monoisotopic (exact) mass is 1990 g/mol. The average molecular weight is 1990 g/mol. The number of aliphatic carboxylic acids is 5. The number of carboxylic acids is 5. The zero-order valence-corrected chi connectivity index (χ0v) is 85.1. The van der Waals surface area contributed by atoms with Crippen molar-refractivity contribution >= 4 is 29.8 Å². The summed E-state index contributed by atoms with van der Waals surface area (Å²) in [6, 6.07) is 18.5. The summed E-state index contributed by atoms with van der Waals surface area (Å²) in [6.07, 6.45) is 68.3. The van der Waals surface area contributed by atoms with Crippen LogP contribution in [0.1, 0.15) is 537 Å². The third-order valence-corrected chi connectivity index (χ3v) is 35.5. The van der Waals surface area contributed by atoms with E-state index in [1.807, 2.05) is 6.07 Å². The Morgan fingerprint density at radius 1 is 0.217 bits per heavy atom. The maximum atomic E-state index is 11.3. The number of rotatable bonds is 57. The molecule has 0 unspecified atom stereocenters. The van der Waals surface area contributed by atoms with Crippen LogP contribution in [0.3, 0.4) is 0 Å². The zero-order chi connectivity index (χ0) is 96.2. The molecule has 0 radical (unpaired) electrons. The molecular weight excluding hydrogens is 1770 g/mol. The largest absolute Gasteiger partial charge is 0.508 e. The Morgan fingerprint density at radius 2 is 0.490 bits per heavy atom. The van der Waals surface area contributed by atoms with Gasteiger partial charge in [0.05, 0.1) is 27.1 Å². The summed E-state index contributed by atoms with van der Waals surface area (Å²) in [5.41, 5.74) is 24.3. The topological polar surface area (TPSA) is 267 Å².